The molecule has 1 aromatic carbocycles. The lowest BCUT2D eigenvalue weighted by molar-refractivity contribution is 0.859. The second kappa shape index (κ2) is 6.17. The molecule has 0 unspecified atom stereocenters. The normalized spacial score (nSPS) is 12.3. The van der Waals surface area contributed by atoms with Gasteiger partial charge in [-0.3, -0.25) is 0 Å². The third-order valence-electron chi connectivity index (χ3n) is 4.19. The zero-order chi connectivity index (χ0) is 16.5. The van der Waals surface area contributed by atoms with Crippen molar-refractivity contribution >= 4 is 28.0 Å². The van der Waals surface area contributed by atoms with Gasteiger partial charge in [0.2, 0.25) is 0 Å². The molecule has 2 aromatic heterocycles. The fraction of sp³-hybridized carbons (Fsp3) is 0.211. The van der Waals surface area contributed by atoms with Crippen LogP contribution in [-0.4, -0.2) is 28.8 Å². The van der Waals surface area contributed by atoms with Gasteiger partial charge in [0.05, 0.1) is 5.69 Å². The molecule has 120 valence electrons. The van der Waals surface area contributed by atoms with Crippen LogP contribution in [0.15, 0.2) is 52.8 Å². The van der Waals surface area contributed by atoms with E-state index >= 15 is 0 Å². The molecule has 0 atom stereocenters. The summed E-state index contributed by atoms with van der Waals surface area (Å²) >= 11 is 1.67. The second-order valence-electron chi connectivity index (χ2n) is 5.58. The van der Waals surface area contributed by atoms with Gasteiger partial charge in [0.25, 0.3) is 0 Å². The summed E-state index contributed by atoms with van der Waals surface area (Å²) in [5.41, 5.74) is 5.06. The van der Waals surface area contributed by atoms with Crippen molar-refractivity contribution in [2.45, 2.75) is 13.8 Å². The van der Waals surface area contributed by atoms with Crippen molar-refractivity contribution < 1.29 is 0 Å². The SMILES string of the molecule is CCN(CC)c1nc(C2=Nc3nc(-c4ccccc4)ccc32)cs1. The number of hydrogen-bond donors (Lipinski definition) is 0. The molecule has 24 heavy (non-hydrogen) atoms. The van der Waals surface area contributed by atoms with E-state index in [1.54, 1.807) is 11.3 Å². The number of rotatable bonds is 5. The van der Waals surface area contributed by atoms with Gasteiger partial charge in [-0.15, -0.1) is 11.3 Å². The molecule has 0 saturated carbocycles. The first-order chi connectivity index (χ1) is 11.8. The number of aromatic nitrogens is 2. The summed E-state index contributed by atoms with van der Waals surface area (Å²) in [6, 6.07) is 14.3. The molecule has 0 amide bonds. The number of aliphatic imine (C=N–C) groups is 1. The number of anilines is 1. The molecule has 4 nitrogen and oxygen atoms in total. The second-order valence-corrected chi connectivity index (χ2v) is 6.42. The molecule has 0 spiro atoms. The molecule has 3 heterocycles. The van der Waals surface area contributed by atoms with Crippen LogP contribution in [0.3, 0.4) is 0 Å². The van der Waals surface area contributed by atoms with Crippen LogP contribution in [0.2, 0.25) is 0 Å². The number of benzene rings is 1. The van der Waals surface area contributed by atoms with Gasteiger partial charge < -0.3 is 4.90 Å². The van der Waals surface area contributed by atoms with Crippen LogP contribution in [0.1, 0.15) is 25.1 Å². The molecule has 0 N–H and O–H groups in total. The van der Waals surface area contributed by atoms with Crippen LogP contribution in [0.5, 0.6) is 0 Å². The van der Waals surface area contributed by atoms with E-state index in [9.17, 15) is 0 Å². The zero-order valence-electron chi connectivity index (χ0n) is 13.7. The van der Waals surface area contributed by atoms with Crippen molar-refractivity contribution in [2.24, 2.45) is 4.99 Å². The summed E-state index contributed by atoms with van der Waals surface area (Å²) < 4.78 is 0. The zero-order valence-corrected chi connectivity index (χ0v) is 14.5. The van der Waals surface area contributed by atoms with Gasteiger partial charge in [-0.05, 0) is 26.0 Å². The van der Waals surface area contributed by atoms with Gasteiger partial charge in [-0.25, -0.2) is 15.0 Å². The maximum absolute atomic E-state index is 4.74. The van der Waals surface area contributed by atoms with Crippen LogP contribution in [0.25, 0.3) is 11.3 Å². The van der Waals surface area contributed by atoms with Crippen molar-refractivity contribution in [1.82, 2.24) is 9.97 Å². The lowest BCUT2D eigenvalue weighted by Gasteiger charge is -2.18. The summed E-state index contributed by atoms with van der Waals surface area (Å²) in [4.78, 5) is 16.2. The minimum atomic E-state index is 0.809. The molecule has 0 aliphatic carbocycles. The summed E-state index contributed by atoms with van der Waals surface area (Å²) in [5, 5.41) is 3.14. The maximum Gasteiger partial charge on any atom is 0.185 e. The van der Waals surface area contributed by atoms with E-state index in [1.165, 1.54) is 0 Å². The molecule has 0 radical (unpaired) electrons. The third-order valence-corrected chi connectivity index (χ3v) is 5.09. The molecule has 4 rings (SSSR count). The fourth-order valence-electron chi connectivity index (χ4n) is 2.81. The highest BCUT2D eigenvalue weighted by molar-refractivity contribution is 7.14. The Morgan fingerprint density at radius 3 is 2.42 bits per heavy atom. The van der Waals surface area contributed by atoms with Crippen molar-refractivity contribution in [2.75, 3.05) is 18.0 Å². The first-order valence-corrected chi connectivity index (χ1v) is 9.04. The molecule has 0 bridgehead atoms. The van der Waals surface area contributed by atoms with E-state index in [4.69, 9.17) is 4.98 Å². The largest absolute Gasteiger partial charge is 0.349 e. The minimum Gasteiger partial charge on any atom is -0.349 e. The van der Waals surface area contributed by atoms with E-state index < -0.39 is 0 Å². The number of thiazole rings is 1. The molecule has 0 fully saturated rings. The van der Waals surface area contributed by atoms with E-state index in [-0.39, 0.29) is 0 Å². The van der Waals surface area contributed by atoms with Crippen molar-refractivity contribution in [3.05, 3.63) is 59.1 Å². The Bertz CT molecular complexity index is 895. The van der Waals surface area contributed by atoms with Gasteiger partial charge in [-0.2, -0.15) is 0 Å². The first kappa shape index (κ1) is 15.0. The van der Waals surface area contributed by atoms with Crippen molar-refractivity contribution in [3.8, 4) is 11.3 Å². The number of fused-ring (bicyclic) bond motifs is 1. The minimum absolute atomic E-state index is 0.809. The molecule has 1 aliphatic rings. The van der Waals surface area contributed by atoms with Crippen LogP contribution < -0.4 is 4.90 Å². The van der Waals surface area contributed by atoms with Crippen LogP contribution in [-0.2, 0) is 0 Å². The average Bonchev–Trinajstić information content (AvgIpc) is 3.07. The summed E-state index contributed by atoms with van der Waals surface area (Å²) in [6.07, 6.45) is 0. The smallest absolute Gasteiger partial charge is 0.185 e. The quantitative estimate of drug-likeness (QED) is 0.538. The highest BCUT2D eigenvalue weighted by Gasteiger charge is 2.24. The Morgan fingerprint density at radius 1 is 0.917 bits per heavy atom. The predicted octanol–water partition coefficient (Wildman–Crippen LogP) is 4.53. The van der Waals surface area contributed by atoms with E-state index in [1.807, 2.05) is 18.2 Å². The third kappa shape index (κ3) is 2.51. The predicted molar refractivity (Wildman–Crippen MR) is 101 cm³/mol. The number of hydrogen-bond acceptors (Lipinski definition) is 5. The lowest BCUT2D eigenvalue weighted by Crippen LogP contribution is -2.22. The van der Waals surface area contributed by atoms with E-state index in [2.05, 4.69) is 58.4 Å². The Labute approximate surface area is 145 Å². The maximum atomic E-state index is 4.74. The van der Waals surface area contributed by atoms with Gasteiger partial charge in [0.15, 0.2) is 10.9 Å². The first-order valence-electron chi connectivity index (χ1n) is 8.16. The van der Waals surface area contributed by atoms with Gasteiger partial charge >= 0.3 is 0 Å². The summed E-state index contributed by atoms with van der Waals surface area (Å²) in [6.45, 7) is 6.23. The van der Waals surface area contributed by atoms with Crippen LogP contribution in [0.4, 0.5) is 10.9 Å². The Balaban J connectivity index is 1.61. The number of nitrogens with zero attached hydrogens (tertiary/aromatic N) is 4. The molecular formula is C19H18N4S. The highest BCUT2D eigenvalue weighted by Crippen LogP contribution is 2.34. The van der Waals surface area contributed by atoms with Gasteiger partial charge in [0, 0.05) is 29.6 Å². The molecule has 3 aromatic rings. The number of pyridine rings is 1. The lowest BCUT2D eigenvalue weighted by atomic mass is 10.0. The topological polar surface area (TPSA) is 41.4 Å². The van der Waals surface area contributed by atoms with E-state index in [0.717, 1.165) is 52.3 Å². The highest BCUT2D eigenvalue weighted by atomic mass is 32.1. The Hall–Kier alpha value is -2.53. The fourth-order valence-corrected chi connectivity index (χ4v) is 3.75. The Kier molecular flexibility index (Phi) is 3.86. The molecule has 0 saturated heterocycles. The molecular weight excluding hydrogens is 316 g/mol. The average molecular weight is 334 g/mol. The monoisotopic (exact) mass is 334 g/mol. The van der Waals surface area contributed by atoms with Crippen molar-refractivity contribution in [3.63, 3.8) is 0 Å². The molecule has 1 aliphatic heterocycles. The Morgan fingerprint density at radius 2 is 1.71 bits per heavy atom. The standard InChI is InChI=1S/C19H18N4S/c1-3-23(4-2)19-21-16(12-24-19)17-14-10-11-15(20-18(14)22-17)13-8-6-5-7-9-13/h5-12H,3-4H2,1-2H3. The summed E-state index contributed by atoms with van der Waals surface area (Å²) in [7, 11) is 0. The van der Waals surface area contributed by atoms with E-state index in [0.29, 0.717) is 0 Å². The van der Waals surface area contributed by atoms with Crippen molar-refractivity contribution in [1.29, 1.82) is 0 Å². The molecule has 5 heteroatoms. The van der Waals surface area contributed by atoms with Crippen LogP contribution >= 0.6 is 11.3 Å². The van der Waals surface area contributed by atoms with Gasteiger partial charge in [-0.1, -0.05) is 30.3 Å². The van der Waals surface area contributed by atoms with Gasteiger partial charge in [0.1, 0.15) is 11.4 Å². The summed E-state index contributed by atoms with van der Waals surface area (Å²) in [5.74, 6) is 0.809. The van der Waals surface area contributed by atoms with Crippen LogP contribution in [0, 0.1) is 0 Å².